The molecule has 0 amide bonds. The summed E-state index contributed by atoms with van der Waals surface area (Å²) in [5, 5.41) is 3.55. The maximum Gasteiger partial charge on any atom is 0.119 e. The van der Waals surface area contributed by atoms with E-state index in [2.05, 4.69) is 26.1 Å². The van der Waals surface area contributed by atoms with Crippen LogP contribution in [0.3, 0.4) is 0 Å². The van der Waals surface area contributed by atoms with Crippen LogP contribution in [0.15, 0.2) is 30.3 Å². The number of hydrogen-bond donors (Lipinski definition) is 1. The van der Waals surface area contributed by atoms with Gasteiger partial charge in [-0.2, -0.15) is 0 Å². The molecule has 0 saturated heterocycles. The minimum atomic E-state index is 0.583. The first-order valence-corrected chi connectivity index (χ1v) is 7.63. The van der Waals surface area contributed by atoms with Gasteiger partial charge in [0, 0.05) is 6.04 Å². The van der Waals surface area contributed by atoms with E-state index in [1.165, 1.54) is 19.3 Å². The third kappa shape index (κ3) is 7.89. The lowest BCUT2D eigenvalue weighted by molar-refractivity contribution is 0.284. The van der Waals surface area contributed by atoms with Crippen LogP contribution >= 0.6 is 0 Å². The van der Waals surface area contributed by atoms with Crippen molar-refractivity contribution in [2.45, 2.75) is 52.5 Å². The maximum atomic E-state index is 5.74. The van der Waals surface area contributed by atoms with Crippen molar-refractivity contribution in [2.75, 3.05) is 13.2 Å². The Kier molecular flexibility index (Phi) is 8.31. The summed E-state index contributed by atoms with van der Waals surface area (Å²) in [5.41, 5.74) is 0. The quantitative estimate of drug-likeness (QED) is 0.637. The van der Waals surface area contributed by atoms with Crippen LogP contribution in [-0.2, 0) is 0 Å². The van der Waals surface area contributed by atoms with E-state index in [0.29, 0.717) is 6.04 Å². The molecule has 1 aromatic carbocycles. The lowest BCUT2D eigenvalue weighted by Crippen LogP contribution is -2.29. The minimum Gasteiger partial charge on any atom is -0.494 e. The molecule has 0 bridgehead atoms. The summed E-state index contributed by atoms with van der Waals surface area (Å²) in [6.45, 7) is 8.65. The van der Waals surface area contributed by atoms with E-state index in [1.54, 1.807) is 0 Å². The van der Waals surface area contributed by atoms with E-state index in [0.717, 1.165) is 31.2 Å². The van der Waals surface area contributed by atoms with Crippen LogP contribution in [-0.4, -0.2) is 19.2 Å². The monoisotopic (exact) mass is 263 g/mol. The first kappa shape index (κ1) is 16.0. The SMILES string of the molecule is CCCC(CCCOc1ccccc1)CNC(C)C. The largest absolute Gasteiger partial charge is 0.494 e. The number of nitrogens with one attached hydrogen (secondary N) is 1. The van der Waals surface area contributed by atoms with Gasteiger partial charge in [0.15, 0.2) is 0 Å². The summed E-state index contributed by atoms with van der Waals surface area (Å²) >= 11 is 0. The van der Waals surface area contributed by atoms with Crippen LogP contribution in [0.4, 0.5) is 0 Å². The first-order chi connectivity index (χ1) is 9.22. The topological polar surface area (TPSA) is 21.3 Å². The molecular formula is C17H29NO. The van der Waals surface area contributed by atoms with Gasteiger partial charge in [-0.05, 0) is 43.9 Å². The van der Waals surface area contributed by atoms with Gasteiger partial charge in [0.1, 0.15) is 5.75 Å². The van der Waals surface area contributed by atoms with Crippen LogP contribution in [0.1, 0.15) is 46.5 Å². The van der Waals surface area contributed by atoms with Crippen LogP contribution in [0.25, 0.3) is 0 Å². The number of para-hydroxylation sites is 1. The zero-order valence-electron chi connectivity index (χ0n) is 12.7. The molecule has 2 heteroatoms. The highest BCUT2D eigenvalue weighted by molar-refractivity contribution is 5.20. The molecule has 0 radical (unpaired) electrons. The second kappa shape index (κ2) is 9.85. The van der Waals surface area contributed by atoms with Crippen molar-refractivity contribution in [1.29, 1.82) is 0 Å². The Bertz CT molecular complexity index is 310. The summed E-state index contributed by atoms with van der Waals surface area (Å²) < 4.78 is 5.74. The summed E-state index contributed by atoms with van der Waals surface area (Å²) in [6, 6.07) is 10.7. The van der Waals surface area contributed by atoms with E-state index in [1.807, 2.05) is 30.3 Å². The fraction of sp³-hybridized carbons (Fsp3) is 0.647. The number of ether oxygens (including phenoxy) is 1. The Morgan fingerprint density at radius 2 is 1.84 bits per heavy atom. The molecule has 0 aliphatic heterocycles. The summed E-state index contributed by atoms with van der Waals surface area (Å²) in [4.78, 5) is 0. The van der Waals surface area contributed by atoms with E-state index >= 15 is 0 Å². The third-order valence-electron chi connectivity index (χ3n) is 3.28. The van der Waals surface area contributed by atoms with Gasteiger partial charge in [0.2, 0.25) is 0 Å². The summed E-state index contributed by atoms with van der Waals surface area (Å²) in [5.74, 6) is 1.77. The normalized spacial score (nSPS) is 12.6. The van der Waals surface area contributed by atoms with Crippen LogP contribution in [0.2, 0.25) is 0 Å². The zero-order valence-corrected chi connectivity index (χ0v) is 12.7. The molecule has 0 spiro atoms. The van der Waals surface area contributed by atoms with Crippen molar-refractivity contribution in [1.82, 2.24) is 5.32 Å². The average molecular weight is 263 g/mol. The molecule has 1 atom stereocenters. The molecule has 0 heterocycles. The number of benzene rings is 1. The van der Waals surface area contributed by atoms with E-state index in [9.17, 15) is 0 Å². The highest BCUT2D eigenvalue weighted by Crippen LogP contribution is 2.14. The van der Waals surface area contributed by atoms with Crippen LogP contribution in [0.5, 0.6) is 5.75 Å². The first-order valence-electron chi connectivity index (χ1n) is 7.63. The number of rotatable bonds is 10. The Morgan fingerprint density at radius 3 is 2.47 bits per heavy atom. The Hall–Kier alpha value is -1.02. The summed E-state index contributed by atoms with van der Waals surface area (Å²) in [7, 11) is 0. The molecule has 2 nitrogen and oxygen atoms in total. The van der Waals surface area contributed by atoms with Crippen molar-refractivity contribution >= 4 is 0 Å². The highest BCUT2D eigenvalue weighted by atomic mass is 16.5. The van der Waals surface area contributed by atoms with Gasteiger partial charge < -0.3 is 10.1 Å². The van der Waals surface area contributed by atoms with E-state index in [4.69, 9.17) is 4.74 Å². The molecule has 0 fully saturated rings. The lowest BCUT2D eigenvalue weighted by atomic mass is 9.98. The molecule has 108 valence electrons. The Labute approximate surface area is 118 Å². The Balaban J connectivity index is 2.17. The molecule has 1 unspecified atom stereocenters. The minimum absolute atomic E-state index is 0.583. The van der Waals surface area contributed by atoms with Gasteiger partial charge in [0.25, 0.3) is 0 Å². The summed E-state index contributed by atoms with van der Waals surface area (Å²) in [6.07, 6.45) is 4.97. The average Bonchev–Trinajstić information content (AvgIpc) is 2.41. The molecule has 0 aliphatic carbocycles. The highest BCUT2D eigenvalue weighted by Gasteiger charge is 2.08. The van der Waals surface area contributed by atoms with Gasteiger partial charge in [-0.1, -0.05) is 45.4 Å². The van der Waals surface area contributed by atoms with Crippen molar-refractivity contribution in [2.24, 2.45) is 5.92 Å². The molecule has 1 rings (SSSR count). The second-order valence-electron chi connectivity index (χ2n) is 5.52. The van der Waals surface area contributed by atoms with Gasteiger partial charge in [-0.15, -0.1) is 0 Å². The fourth-order valence-electron chi connectivity index (χ4n) is 2.24. The zero-order chi connectivity index (χ0) is 13.9. The third-order valence-corrected chi connectivity index (χ3v) is 3.28. The van der Waals surface area contributed by atoms with Crippen molar-refractivity contribution < 1.29 is 4.74 Å². The predicted octanol–water partition coefficient (Wildman–Crippen LogP) is 4.26. The molecule has 1 aromatic rings. The van der Waals surface area contributed by atoms with Crippen molar-refractivity contribution in [3.8, 4) is 5.75 Å². The van der Waals surface area contributed by atoms with Crippen LogP contribution < -0.4 is 10.1 Å². The standard InChI is InChI=1S/C17H29NO/c1-4-9-16(14-18-15(2)3)10-8-13-19-17-11-6-5-7-12-17/h5-7,11-12,15-16,18H,4,8-10,13-14H2,1-3H3. The Morgan fingerprint density at radius 1 is 1.11 bits per heavy atom. The van der Waals surface area contributed by atoms with Gasteiger partial charge in [0.05, 0.1) is 6.61 Å². The molecule has 0 aliphatic rings. The number of hydrogen-bond acceptors (Lipinski definition) is 2. The smallest absolute Gasteiger partial charge is 0.119 e. The molecular weight excluding hydrogens is 234 g/mol. The van der Waals surface area contributed by atoms with Crippen molar-refractivity contribution in [3.63, 3.8) is 0 Å². The van der Waals surface area contributed by atoms with Crippen molar-refractivity contribution in [3.05, 3.63) is 30.3 Å². The van der Waals surface area contributed by atoms with E-state index in [-0.39, 0.29) is 0 Å². The van der Waals surface area contributed by atoms with Gasteiger partial charge >= 0.3 is 0 Å². The fourth-order valence-corrected chi connectivity index (χ4v) is 2.24. The lowest BCUT2D eigenvalue weighted by Gasteiger charge is -2.18. The second-order valence-corrected chi connectivity index (χ2v) is 5.52. The van der Waals surface area contributed by atoms with Crippen LogP contribution in [0, 0.1) is 5.92 Å². The molecule has 0 aromatic heterocycles. The molecule has 19 heavy (non-hydrogen) atoms. The van der Waals surface area contributed by atoms with E-state index < -0.39 is 0 Å². The van der Waals surface area contributed by atoms with Gasteiger partial charge in [-0.3, -0.25) is 0 Å². The van der Waals surface area contributed by atoms with Gasteiger partial charge in [-0.25, -0.2) is 0 Å². The maximum absolute atomic E-state index is 5.74. The molecule has 1 N–H and O–H groups in total. The predicted molar refractivity (Wildman–Crippen MR) is 82.7 cm³/mol. The molecule has 0 saturated carbocycles.